The van der Waals surface area contributed by atoms with Gasteiger partial charge in [-0.2, -0.15) is 0 Å². The van der Waals surface area contributed by atoms with Gasteiger partial charge in [0, 0.05) is 64.2 Å². The Kier molecular flexibility index (Phi) is 3.59. The zero-order valence-electron chi connectivity index (χ0n) is 11.1. The van der Waals surface area contributed by atoms with Crippen LogP contribution < -0.4 is 5.32 Å². The number of nitrogens with one attached hydrogen (secondary N) is 1. The molecular formula is C14H22N4. The van der Waals surface area contributed by atoms with Crippen LogP contribution in [0.25, 0.3) is 0 Å². The minimum Gasteiger partial charge on any atom is -0.314 e. The van der Waals surface area contributed by atoms with E-state index in [4.69, 9.17) is 0 Å². The molecule has 0 saturated carbocycles. The molecule has 0 atom stereocenters. The fourth-order valence-electron chi connectivity index (χ4n) is 2.78. The van der Waals surface area contributed by atoms with E-state index in [1.54, 1.807) is 0 Å². The van der Waals surface area contributed by atoms with E-state index in [9.17, 15) is 0 Å². The van der Waals surface area contributed by atoms with Crippen LogP contribution in [-0.2, 0) is 6.54 Å². The lowest BCUT2D eigenvalue weighted by atomic mass is 10.1. The molecule has 0 bridgehead atoms. The molecule has 18 heavy (non-hydrogen) atoms. The fourth-order valence-corrected chi connectivity index (χ4v) is 2.78. The quantitative estimate of drug-likeness (QED) is 0.840. The van der Waals surface area contributed by atoms with Crippen LogP contribution in [0.2, 0.25) is 0 Å². The van der Waals surface area contributed by atoms with Gasteiger partial charge in [-0.15, -0.1) is 0 Å². The van der Waals surface area contributed by atoms with E-state index in [1.165, 1.54) is 50.4 Å². The summed E-state index contributed by atoms with van der Waals surface area (Å²) in [7, 11) is 0. The predicted octanol–water partition coefficient (Wildman–Crippen LogP) is 0.479. The topological polar surface area (TPSA) is 31.4 Å². The van der Waals surface area contributed by atoms with Crippen molar-refractivity contribution in [2.24, 2.45) is 0 Å². The standard InChI is InChI=1S/C14H22N4/c1-12-6-13(8-15-7-12)11-17-2-4-18(5-3-17)14-9-16-10-14/h6-8,14,16H,2-5,9-11H2,1H3. The number of nitrogens with zero attached hydrogens (tertiary/aromatic N) is 3. The molecule has 4 nitrogen and oxygen atoms in total. The van der Waals surface area contributed by atoms with Gasteiger partial charge in [-0.25, -0.2) is 0 Å². The summed E-state index contributed by atoms with van der Waals surface area (Å²) in [4.78, 5) is 9.44. The summed E-state index contributed by atoms with van der Waals surface area (Å²) >= 11 is 0. The third-order valence-corrected chi connectivity index (χ3v) is 4.02. The Bertz CT molecular complexity index is 395. The fraction of sp³-hybridized carbons (Fsp3) is 0.643. The van der Waals surface area contributed by atoms with Crippen molar-refractivity contribution in [2.45, 2.75) is 19.5 Å². The maximum Gasteiger partial charge on any atom is 0.0346 e. The van der Waals surface area contributed by atoms with Crippen molar-refractivity contribution in [3.63, 3.8) is 0 Å². The number of piperazine rings is 1. The minimum absolute atomic E-state index is 0.799. The zero-order chi connectivity index (χ0) is 12.4. The monoisotopic (exact) mass is 246 g/mol. The lowest BCUT2D eigenvalue weighted by Gasteiger charge is -2.43. The molecule has 1 aromatic rings. The van der Waals surface area contributed by atoms with Gasteiger partial charge in [0.05, 0.1) is 0 Å². The lowest BCUT2D eigenvalue weighted by Crippen LogP contribution is -2.61. The van der Waals surface area contributed by atoms with Gasteiger partial charge >= 0.3 is 0 Å². The molecule has 0 aromatic carbocycles. The number of pyridine rings is 1. The maximum absolute atomic E-state index is 4.27. The first-order chi connectivity index (χ1) is 8.81. The van der Waals surface area contributed by atoms with Crippen LogP contribution in [0.3, 0.4) is 0 Å². The Labute approximate surface area is 109 Å². The summed E-state index contributed by atoms with van der Waals surface area (Å²) in [6, 6.07) is 3.04. The molecule has 2 aliphatic rings. The lowest BCUT2D eigenvalue weighted by molar-refractivity contribution is 0.0695. The van der Waals surface area contributed by atoms with Crippen molar-refractivity contribution in [1.82, 2.24) is 20.1 Å². The first-order valence-corrected chi connectivity index (χ1v) is 6.89. The van der Waals surface area contributed by atoms with Gasteiger partial charge in [-0.3, -0.25) is 14.8 Å². The molecule has 2 aliphatic heterocycles. The molecule has 0 amide bonds. The highest BCUT2D eigenvalue weighted by molar-refractivity contribution is 5.16. The van der Waals surface area contributed by atoms with E-state index in [2.05, 4.69) is 33.1 Å². The molecule has 0 unspecified atom stereocenters. The van der Waals surface area contributed by atoms with Gasteiger partial charge in [-0.05, 0) is 18.1 Å². The second kappa shape index (κ2) is 5.34. The largest absolute Gasteiger partial charge is 0.314 e. The maximum atomic E-state index is 4.27. The summed E-state index contributed by atoms with van der Waals surface area (Å²) in [5, 5.41) is 3.35. The number of hydrogen-bond acceptors (Lipinski definition) is 4. The van der Waals surface area contributed by atoms with Crippen LogP contribution in [0.4, 0.5) is 0 Å². The van der Waals surface area contributed by atoms with Gasteiger partial charge < -0.3 is 5.32 Å². The molecule has 98 valence electrons. The Morgan fingerprint density at radius 2 is 2.00 bits per heavy atom. The van der Waals surface area contributed by atoms with Gasteiger partial charge in [-0.1, -0.05) is 6.07 Å². The molecule has 0 spiro atoms. The molecule has 0 radical (unpaired) electrons. The predicted molar refractivity (Wildman–Crippen MR) is 72.5 cm³/mol. The highest BCUT2D eigenvalue weighted by atomic mass is 15.3. The Balaban J connectivity index is 1.50. The highest BCUT2D eigenvalue weighted by Crippen LogP contribution is 2.12. The van der Waals surface area contributed by atoms with Crippen LogP contribution in [-0.4, -0.2) is 60.1 Å². The average Bonchev–Trinajstić information content (AvgIpc) is 2.29. The molecule has 3 rings (SSSR count). The Morgan fingerprint density at radius 1 is 1.22 bits per heavy atom. The first kappa shape index (κ1) is 12.1. The van der Waals surface area contributed by atoms with E-state index >= 15 is 0 Å². The Morgan fingerprint density at radius 3 is 2.61 bits per heavy atom. The molecular weight excluding hydrogens is 224 g/mol. The summed E-state index contributed by atoms with van der Waals surface area (Å²) in [5.41, 5.74) is 2.60. The van der Waals surface area contributed by atoms with Crippen LogP contribution in [0.15, 0.2) is 18.5 Å². The summed E-state index contributed by atoms with van der Waals surface area (Å²) in [6.45, 7) is 10.3. The SMILES string of the molecule is Cc1cncc(CN2CCN(C3CNC3)CC2)c1. The molecule has 0 aliphatic carbocycles. The van der Waals surface area contributed by atoms with E-state index in [0.717, 1.165) is 12.6 Å². The third kappa shape index (κ3) is 2.71. The smallest absolute Gasteiger partial charge is 0.0346 e. The molecule has 1 N–H and O–H groups in total. The number of rotatable bonds is 3. The second-order valence-corrected chi connectivity index (χ2v) is 5.49. The molecule has 4 heteroatoms. The van der Waals surface area contributed by atoms with Crippen molar-refractivity contribution < 1.29 is 0 Å². The van der Waals surface area contributed by atoms with Crippen LogP contribution in [0.1, 0.15) is 11.1 Å². The summed E-state index contributed by atoms with van der Waals surface area (Å²) in [5.74, 6) is 0. The Hall–Kier alpha value is -0.970. The van der Waals surface area contributed by atoms with Crippen LogP contribution in [0, 0.1) is 6.92 Å². The number of aryl methyl sites for hydroxylation is 1. The van der Waals surface area contributed by atoms with Crippen molar-refractivity contribution >= 4 is 0 Å². The van der Waals surface area contributed by atoms with Crippen molar-refractivity contribution in [3.8, 4) is 0 Å². The van der Waals surface area contributed by atoms with Gasteiger partial charge in [0.25, 0.3) is 0 Å². The van der Waals surface area contributed by atoms with E-state index < -0.39 is 0 Å². The highest BCUT2D eigenvalue weighted by Gasteiger charge is 2.27. The number of hydrogen-bond donors (Lipinski definition) is 1. The van der Waals surface area contributed by atoms with Gasteiger partial charge in [0.2, 0.25) is 0 Å². The molecule has 1 aromatic heterocycles. The number of aromatic nitrogens is 1. The van der Waals surface area contributed by atoms with Gasteiger partial charge in [0.15, 0.2) is 0 Å². The zero-order valence-corrected chi connectivity index (χ0v) is 11.1. The average molecular weight is 246 g/mol. The van der Waals surface area contributed by atoms with E-state index in [-0.39, 0.29) is 0 Å². The third-order valence-electron chi connectivity index (χ3n) is 4.02. The second-order valence-electron chi connectivity index (χ2n) is 5.49. The summed E-state index contributed by atoms with van der Waals surface area (Å²) in [6.07, 6.45) is 3.92. The molecule has 2 fully saturated rings. The van der Waals surface area contributed by atoms with Crippen molar-refractivity contribution in [1.29, 1.82) is 0 Å². The van der Waals surface area contributed by atoms with Crippen molar-refractivity contribution in [3.05, 3.63) is 29.6 Å². The van der Waals surface area contributed by atoms with E-state index in [1.807, 2.05) is 12.4 Å². The summed E-state index contributed by atoms with van der Waals surface area (Å²) < 4.78 is 0. The van der Waals surface area contributed by atoms with Crippen molar-refractivity contribution in [2.75, 3.05) is 39.3 Å². The first-order valence-electron chi connectivity index (χ1n) is 6.89. The van der Waals surface area contributed by atoms with Crippen LogP contribution in [0.5, 0.6) is 0 Å². The van der Waals surface area contributed by atoms with E-state index in [0.29, 0.717) is 0 Å². The molecule has 3 heterocycles. The van der Waals surface area contributed by atoms with Gasteiger partial charge in [0.1, 0.15) is 0 Å². The molecule has 2 saturated heterocycles. The normalized spacial score (nSPS) is 22.9. The van der Waals surface area contributed by atoms with Crippen LogP contribution >= 0.6 is 0 Å². The minimum atomic E-state index is 0.799.